The van der Waals surface area contributed by atoms with Gasteiger partial charge in [-0.15, -0.1) is 0 Å². The molecular weight excluding hydrogens is 280 g/mol. The lowest BCUT2D eigenvalue weighted by atomic mass is 9.98. The fourth-order valence-corrected chi connectivity index (χ4v) is 3.11. The number of carboxylic acid groups (broad SMARTS) is 1. The minimum Gasteiger partial charge on any atom is -0.481 e. The zero-order valence-electron chi connectivity index (χ0n) is 12.8. The Morgan fingerprint density at radius 2 is 2.09 bits per heavy atom. The Labute approximate surface area is 128 Å². The Kier molecular flexibility index (Phi) is 3.64. The summed E-state index contributed by atoms with van der Waals surface area (Å²) in [5, 5.41) is 10.2. The lowest BCUT2D eigenvalue weighted by Crippen LogP contribution is -2.42. The van der Waals surface area contributed by atoms with E-state index in [-0.39, 0.29) is 5.91 Å². The first-order valence-corrected chi connectivity index (χ1v) is 7.58. The number of hydrogen-bond acceptors (Lipinski definition) is 2. The van der Waals surface area contributed by atoms with Gasteiger partial charge in [-0.3, -0.25) is 9.59 Å². The molecule has 1 saturated heterocycles. The lowest BCUT2D eigenvalue weighted by Gasteiger charge is -2.30. The second-order valence-electron chi connectivity index (χ2n) is 6.08. The Hall–Kier alpha value is -2.30. The molecule has 0 aliphatic carbocycles. The molecule has 1 aliphatic heterocycles. The molecular formula is C17H20N2O3. The van der Waals surface area contributed by atoms with Crippen molar-refractivity contribution in [3.63, 3.8) is 0 Å². The van der Waals surface area contributed by atoms with E-state index in [0.717, 1.165) is 22.9 Å². The number of aromatic nitrogens is 1. The fraction of sp³-hybridized carbons (Fsp3) is 0.412. The molecule has 1 aromatic carbocycles. The largest absolute Gasteiger partial charge is 0.481 e. The van der Waals surface area contributed by atoms with E-state index in [4.69, 9.17) is 5.11 Å². The third-order valence-corrected chi connectivity index (χ3v) is 4.63. The van der Waals surface area contributed by atoms with E-state index in [9.17, 15) is 9.59 Å². The van der Waals surface area contributed by atoms with Gasteiger partial charge in [0, 0.05) is 24.0 Å². The number of aryl methyl sites for hydroxylation is 2. The number of hydrogen-bond donors (Lipinski definition) is 2. The number of fused-ring (bicyclic) bond motifs is 1. The van der Waals surface area contributed by atoms with Crippen molar-refractivity contribution in [3.8, 4) is 0 Å². The second kappa shape index (κ2) is 5.48. The normalized spacial score (nSPS) is 18.6. The van der Waals surface area contributed by atoms with E-state index in [0.29, 0.717) is 25.2 Å². The van der Waals surface area contributed by atoms with Crippen molar-refractivity contribution in [1.29, 1.82) is 0 Å². The van der Waals surface area contributed by atoms with Gasteiger partial charge < -0.3 is 15.0 Å². The van der Waals surface area contributed by atoms with Crippen LogP contribution in [0.25, 0.3) is 10.9 Å². The highest BCUT2D eigenvalue weighted by Gasteiger charge is 2.29. The molecule has 0 saturated carbocycles. The van der Waals surface area contributed by atoms with E-state index in [2.05, 4.69) is 4.98 Å². The van der Waals surface area contributed by atoms with Crippen molar-refractivity contribution < 1.29 is 14.7 Å². The Morgan fingerprint density at radius 3 is 2.82 bits per heavy atom. The number of carbonyl (C=O) groups excluding carboxylic acids is 1. The molecule has 116 valence electrons. The number of nitrogens with zero attached hydrogens (tertiary/aromatic N) is 1. The van der Waals surface area contributed by atoms with E-state index in [1.54, 1.807) is 4.90 Å². The molecule has 5 nitrogen and oxygen atoms in total. The molecule has 2 aromatic rings. The topological polar surface area (TPSA) is 73.4 Å². The van der Waals surface area contributed by atoms with Crippen LogP contribution in [0.3, 0.4) is 0 Å². The molecule has 0 radical (unpaired) electrons. The van der Waals surface area contributed by atoms with Crippen LogP contribution >= 0.6 is 0 Å². The summed E-state index contributed by atoms with van der Waals surface area (Å²) in [6.07, 6.45) is 1.38. The van der Waals surface area contributed by atoms with E-state index >= 15 is 0 Å². The number of nitrogens with one attached hydrogen (secondary N) is 1. The van der Waals surface area contributed by atoms with Crippen LogP contribution in [0, 0.1) is 19.8 Å². The minimum absolute atomic E-state index is 0.112. The summed E-state index contributed by atoms with van der Waals surface area (Å²) in [6, 6.07) is 5.89. The van der Waals surface area contributed by atoms with E-state index < -0.39 is 11.9 Å². The number of carbonyl (C=O) groups is 2. The van der Waals surface area contributed by atoms with Gasteiger partial charge in [0.15, 0.2) is 0 Å². The van der Waals surface area contributed by atoms with Crippen molar-refractivity contribution in [2.45, 2.75) is 26.7 Å². The van der Waals surface area contributed by atoms with Crippen LogP contribution in [0.5, 0.6) is 0 Å². The molecule has 1 amide bonds. The van der Waals surface area contributed by atoms with Crippen LogP contribution in [-0.4, -0.2) is 40.0 Å². The van der Waals surface area contributed by atoms with Crippen molar-refractivity contribution in [1.82, 2.24) is 9.88 Å². The third kappa shape index (κ3) is 2.47. The maximum Gasteiger partial charge on any atom is 0.308 e. The molecule has 3 rings (SSSR count). The Bertz CT molecular complexity index is 748. The maximum atomic E-state index is 12.6. The van der Waals surface area contributed by atoms with Gasteiger partial charge in [-0.05, 0) is 49.9 Å². The maximum absolute atomic E-state index is 12.6. The van der Waals surface area contributed by atoms with Crippen molar-refractivity contribution in [2.75, 3.05) is 13.1 Å². The number of rotatable bonds is 2. The zero-order valence-corrected chi connectivity index (χ0v) is 12.8. The molecule has 1 aliphatic rings. The predicted molar refractivity (Wildman–Crippen MR) is 84.0 cm³/mol. The summed E-state index contributed by atoms with van der Waals surface area (Å²) in [6.45, 7) is 5.00. The van der Waals surface area contributed by atoms with Gasteiger partial charge in [-0.25, -0.2) is 0 Å². The van der Waals surface area contributed by atoms with Gasteiger partial charge in [-0.1, -0.05) is 6.07 Å². The van der Waals surface area contributed by atoms with Gasteiger partial charge in [0.05, 0.1) is 5.92 Å². The van der Waals surface area contributed by atoms with Crippen LogP contribution in [0.4, 0.5) is 0 Å². The standard InChI is InChI=1S/C17H20N2O3/c1-10-5-6-14-13(11(10)2)8-15(18-14)16(20)19-7-3-4-12(9-19)17(21)22/h5-6,8,12,18H,3-4,7,9H2,1-2H3,(H,21,22)/t12-/m0/s1. The lowest BCUT2D eigenvalue weighted by molar-refractivity contribution is -0.143. The summed E-state index contributed by atoms with van der Waals surface area (Å²) in [7, 11) is 0. The average molecular weight is 300 g/mol. The van der Waals surface area contributed by atoms with Gasteiger partial charge in [0.1, 0.15) is 5.69 Å². The number of amides is 1. The number of likely N-dealkylation sites (tertiary alicyclic amines) is 1. The quantitative estimate of drug-likeness (QED) is 0.895. The Balaban J connectivity index is 1.89. The smallest absolute Gasteiger partial charge is 0.308 e. The highest BCUT2D eigenvalue weighted by Crippen LogP contribution is 2.24. The number of aromatic amines is 1. The minimum atomic E-state index is -0.819. The first-order chi connectivity index (χ1) is 10.5. The molecule has 5 heteroatoms. The van der Waals surface area contributed by atoms with Gasteiger partial charge in [-0.2, -0.15) is 0 Å². The van der Waals surface area contributed by atoms with Crippen molar-refractivity contribution in [2.24, 2.45) is 5.92 Å². The highest BCUT2D eigenvalue weighted by atomic mass is 16.4. The van der Waals surface area contributed by atoms with E-state index in [1.165, 1.54) is 5.56 Å². The number of H-pyrrole nitrogens is 1. The molecule has 0 bridgehead atoms. The van der Waals surface area contributed by atoms with Gasteiger partial charge in [0.2, 0.25) is 0 Å². The average Bonchev–Trinajstić information content (AvgIpc) is 2.95. The van der Waals surface area contributed by atoms with Crippen LogP contribution < -0.4 is 0 Å². The molecule has 1 aromatic heterocycles. The zero-order chi connectivity index (χ0) is 15.9. The summed E-state index contributed by atoms with van der Waals surface area (Å²) >= 11 is 0. The van der Waals surface area contributed by atoms with Crippen LogP contribution in [0.15, 0.2) is 18.2 Å². The summed E-state index contributed by atoms with van der Waals surface area (Å²) < 4.78 is 0. The molecule has 1 fully saturated rings. The SMILES string of the molecule is Cc1ccc2[nH]c(C(=O)N3CCC[C@H](C(=O)O)C3)cc2c1C. The summed E-state index contributed by atoms with van der Waals surface area (Å²) in [5.41, 5.74) is 3.83. The van der Waals surface area contributed by atoms with Crippen LogP contribution in [0.1, 0.15) is 34.5 Å². The first kappa shape index (κ1) is 14.6. The number of aliphatic carboxylic acids is 1. The van der Waals surface area contributed by atoms with Crippen LogP contribution in [0.2, 0.25) is 0 Å². The number of piperidine rings is 1. The van der Waals surface area contributed by atoms with E-state index in [1.807, 2.05) is 32.0 Å². The highest BCUT2D eigenvalue weighted by molar-refractivity contribution is 5.99. The third-order valence-electron chi connectivity index (χ3n) is 4.63. The van der Waals surface area contributed by atoms with Crippen molar-refractivity contribution in [3.05, 3.63) is 35.0 Å². The summed E-state index contributed by atoms with van der Waals surface area (Å²) in [5.74, 6) is -1.38. The predicted octanol–water partition coefficient (Wildman–Crippen LogP) is 2.72. The number of benzene rings is 1. The molecule has 2 heterocycles. The molecule has 2 N–H and O–H groups in total. The van der Waals surface area contributed by atoms with Gasteiger partial charge >= 0.3 is 5.97 Å². The van der Waals surface area contributed by atoms with Crippen LogP contribution in [-0.2, 0) is 4.79 Å². The molecule has 0 unspecified atom stereocenters. The first-order valence-electron chi connectivity index (χ1n) is 7.58. The Morgan fingerprint density at radius 1 is 1.32 bits per heavy atom. The van der Waals surface area contributed by atoms with Crippen molar-refractivity contribution >= 4 is 22.8 Å². The molecule has 1 atom stereocenters. The molecule has 22 heavy (non-hydrogen) atoms. The van der Waals surface area contributed by atoms with Gasteiger partial charge in [0.25, 0.3) is 5.91 Å². The second-order valence-corrected chi connectivity index (χ2v) is 6.08. The molecule has 0 spiro atoms. The summed E-state index contributed by atoms with van der Waals surface area (Å²) in [4.78, 5) is 28.6. The fourth-order valence-electron chi connectivity index (χ4n) is 3.11. The monoisotopic (exact) mass is 300 g/mol. The number of carboxylic acids is 1.